The maximum Gasteiger partial charge on any atom is 0.243 e. The molecule has 1 fully saturated rings. The van der Waals surface area contributed by atoms with Crippen LogP contribution in [0, 0.1) is 0 Å². The fourth-order valence-electron chi connectivity index (χ4n) is 3.03. The number of nitrogens with zero attached hydrogens (tertiary/aromatic N) is 2. The minimum absolute atomic E-state index is 0.160. The van der Waals surface area contributed by atoms with E-state index in [0.717, 1.165) is 24.2 Å². The first kappa shape index (κ1) is 16.7. The zero-order chi connectivity index (χ0) is 17.2. The van der Waals surface area contributed by atoms with E-state index in [1.165, 1.54) is 0 Å². The lowest BCUT2D eigenvalue weighted by Crippen LogP contribution is -2.30. The van der Waals surface area contributed by atoms with Gasteiger partial charge in [0.15, 0.2) is 0 Å². The number of aromatic nitrogens is 1. The third-order valence-electron chi connectivity index (χ3n) is 4.29. The van der Waals surface area contributed by atoms with Gasteiger partial charge in [-0.1, -0.05) is 0 Å². The summed E-state index contributed by atoms with van der Waals surface area (Å²) in [5.41, 5.74) is 0.962. The second-order valence-corrected chi connectivity index (χ2v) is 7.56. The Bertz CT molecular complexity index is 806. The molecule has 1 N–H and O–H groups in total. The van der Waals surface area contributed by atoms with Crippen LogP contribution in [0.15, 0.2) is 47.5 Å². The van der Waals surface area contributed by atoms with Crippen molar-refractivity contribution in [2.45, 2.75) is 23.8 Å². The molecular weight excluding hydrogens is 326 g/mol. The summed E-state index contributed by atoms with van der Waals surface area (Å²) >= 11 is 0. The lowest BCUT2D eigenvalue weighted by molar-refractivity contribution is 0.396. The highest BCUT2D eigenvalue weighted by Gasteiger charge is 2.36. The van der Waals surface area contributed by atoms with E-state index < -0.39 is 10.0 Å². The van der Waals surface area contributed by atoms with Crippen molar-refractivity contribution in [2.24, 2.45) is 0 Å². The van der Waals surface area contributed by atoms with Gasteiger partial charge in [-0.2, -0.15) is 4.31 Å². The van der Waals surface area contributed by atoms with Crippen LogP contribution in [0.5, 0.6) is 5.75 Å². The number of hydrogen-bond acceptors (Lipinski definition) is 5. The normalized spacial score (nSPS) is 18.5. The highest BCUT2D eigenvalue weighted by molar-refractivity contribution is 7.89. The van der Waals surface area contributed by atoms with Crippen LogP contribution in [0.1, 0.15) is 24.4 Å². The van der Waals surface area contributed by atoms with Gasteiger partial charge in [-0.15, -0.1) is 0 Å². The summed E-state index contributed by atoms with van der Waals surface area (Å²) in [5.74, 6) is 1.38. The molecule has 1 saturated heterocycles. The summed E-state index contributed by atoms with van der Waals surface area (Å²) in [6.07, 6.45) is 3.36. The van der Waals surface area contributed by atoms with Gasteiger partial charge in [0.05, 0.1) is 18.0 Å². The zero-order valence-electron chi connectivity index (χ0n) is 13.8. The fraction of sp³-hybridized carbons (Fsp3) is 0.353. The van der Waals surface area contributed by atoms with Crippen LogP contribution >= 0.6 is 0 Å². The van der Waals surface area contributed by atoms with Crippen molar-refractivity contribution < 1.29 is 13.2 Å². The van der Waals surface area contributed by atoms with E-state index in [-0.39, 0.29) is 10.9 Å². The van der Waals surface area contributed by atoms with Crippen LogP contribution in [0.4, 0.5) is 5.82 Å². The predicted molar refractivity (Wildman–Crippen MR) is 92.6 cm³/mol. The van der Waals surface area contributed by atoms with Gasteiger partial charge in [0, 0.05) is 19.8 Å². The van der Waals surface area contributed by atoms with Crippen molar-refractivity contribution in [3.05, 3.63) is 48.2 Å². The molecule has 2 aromatic rings. The SMILES string of the molecule is CNc1cc(C2CCCN2S(=O)(=O)c2ccc(OC)cc2)ccn1. The van der Waals surface area contributed by atoms with E-state index in [1.54, 1.807) is 48.9 Å². The molecule has 0 bridgehead atoms. The lowest BCUT2D eigenvalue weighted by atomic mass is 10.1. The highest BCUT2D eigenvalue weighted by atomic mass is 32.2. The van der Waals surface area contributed by atoms with E-state index in [0.29, 0.717) is 12.3 Å². The van der Waals surface area contributed by atoms with E-state index in [9.17, 15) is 8.42 Å². The third-order valence-corrected chi connectivity index (χ3v) is 6.22. The maximum atomic E-state index is 13.0. The number of sulfonamides is 1. The largest absolute Gasteiger partial charge is 0.497 e. The Morgan fingerprint density at radius 3 is 2.67 bits per heavy atom. The molecule has 2 heterocycles. The summed E-state index contributed by atoms with van der Waals surface area (Å²) < 4.78 is 32.7. The number of anilines is 1. The summed E-state index contributed by atoms with van der Waals surface area (Å²) in [6.45, 7) is 0.524. The van der Waals surface area contributed by atoms with Gasteiger partial charge in [-0.3, -0.25) is 0 Å². The zero-order valence-corrected chi connectivity index (χ0v) is 14.6. The van der Waals surface area contributed by atoms with Gasteiger partial charge in [0.2, 0.25) is 10.0 Å². The number of hydrogen-bond donors (Lipinski definition) is 1. The van der Waals surface area contributed by atoms with Crippen molar-refractivity contribution in [3.8, 4) is 5.75 Å². The Labute approximate surface area is 142 Å². The molecule has 1 aliphatic heterocycles. The quantitative estimate of drug-likeness (QED) is 0.900. The van der Waals surface area contributed by atoms with Crippen molar-refractivity contribution >= 4 is 15.8 Å². The molecule has 1 atom stereocenters. The van der Waals surface area contributed by atoms with E-state index in [2.05, 4.69) is 10.3 Å². The van der Waals surface area contributed by atoms with Crippen LogP contribution in [0.3, 0.4) is 0 Å². The number of nitrogens with one attached hydrogen (secondary N) is 1. The predicted octanol–water partition coefficient (Wildman–Crippen LogP) is 2.66. The monoisotopic (exact) mass is 347 g/mol. The van der Waals surface area contributed by atoms with E-state index in [4.69, 9.17) is 4.74 Å². The van der Waals surface area contributed by atoms with Crippen molar-refractivity contribution in [1.29, 1.82) is 0 Å². The van der Waals surface area contributed by atoms with E-state index in [1.807, 2.05) is 12.1 Å². The first-order valence-corrected chi connectivity index (χ1v) is 9.30. The van der Waals surface area contributed by atoms with Crippen molar-refractivity contribution in [3.63, 3.8) is 0 Å². The van der Waals surface area contributed by atoms with Crippen LogP contribution in [-0.4, -0.2) is 38.4 Å². The summed E-state index contributed by atoms with van der Waals surface area (Å²) in [7, 11) is -0.187. The van der Waals surface area contributed by atoms with Gasteiger partial charge >= 0.3 is 0 Å². The molecule has 3 rings (SSSR count). The standard InChI is InChI=1S/C17H21N3O3S/c1-18-17-12-13(9-10-19-17)16-4-3-11-20(16)24(21,22)15-7-5-14(23-2)6-8-15/h5-10,12,16H,3-4,11H2,1-2H3,(H,18,19). The molecule has 0 amide bonds. The molecule has 7 heteroatoms. The van der Waals surface area contributed by atoms with Gasteiger partial charge in [0.1, 0.15) is 11.6 Å². The number of ether oxygens (including phenoxy) is 1. The first-order valence-electron chi connectivity index (χ1n) is 7.86. The summed E-state index contributed by atoms with van der Waals surface area (Å²) in [6, 6.07) is 10.2. The van der Waals surface area contributed by atoms with Crippen molar-refractivity contribution in [1.82, 2.24) is 9.29 Å². The molecular formula is C17H21N3O3S. The van der Waals surface area contributed by atoms with Crippen LogP contribution < -0.4 is 10.1 Å². The Kier molecular flexibility index (Phi) is 4.73. The Hall–Kier alpha value is -2.12. The molecule has 0 radical (unpaired) electrons. The molecule has 24 heavy (non-hydrogen) atoms. The van der Waals surface area contributed by atoms with Crippen LogP contribution in [0.2, 0.25) is 0 Å². The van der Waals surface area contributed by atoms with Crippen molar-refractivity contribution in [2.75, 3.05) is 26.0 Å². The molecule has 1 aromatic heterocycles. The molecule has 0 spiro atoms. The first-order chi connectivity index (χ1) is 11.6. The average molecular weight is 347 g/mol. The number of rotatable bonds is 5. The Balaban J connectivity index is 1.93. The van der Waals surface area contributed by atoms with Gasteiger partial charge < -0.3 is 10.1 Å². The summed E-state index contributed by atoms with van der Waals surface area (Å²) in [5, 5.41) is 3.00. The minimum atomic E-state index is -3.54. The maximum absolute atomic E-state index is 13.0. The molecule has 0 aliphatic carbocycles. The smallest absolute Gasteiger partial charge is 0.243 e. The van der Waals surface area contributed by atoms with Crippen LogP contribution in [0.25, 0.3) is 0 Å². The Morgan fingerprint density at radius 1 is 1.25 bits per heavy atom. The number of methoxy groups -OCH3 is 1. The highest BCUT2D eigenvalue weighted by Crippen LogP contribution is 2.37. The second kappa shape index (κ2) is 6.78. The molecule has 128 valence electrons. The second-order valence-electron chi connectivity index (χ2n) is 5.67. The topological polar surface area (TPSA) is 71.5 Å². The van der Waals surface area contributed by atoms with Gasteiger partial charge in [-0.05, 0) is 54.8 Å². The minimum Gasteiger partial charge on any atom is -0.497 e. The fourth-order valence-corrected chi connectivity index (χ4v) is 4.72. The van der Waals surface area contributed by atoms with Gasteiger partial charge in [0.25, 0.3) is 0 Å². The third kappa shape index (κ3) is 3.09. The summed E-state index contributed by atoms with van der Waals surface area (Å²) in [4.78, 5) is 4.49. The Morgan fingerprint density at radius 2 is 2.00 bits per heavy atom. The molecule has 1 aliphatic rings. The molecule has 6 nitrogen and oxygen atoms in total. The molecule has 1 unspecified atom stereocenters. The van der Waals surface area contributed by atoms with E-state index >= 15 is 0 Å². The number of pyridine rings is 1. The van der Waals surface area contributed by atoms with Crippen LogP contribution in [-0.2, 0) is 10.0 Å². The van der Waals surface area contributed by atoms with Gasteiger partial charge in [-0.25, -0.2) is 13.4 Å². The average Bonchev–Trinajstić information content (AvgIpc) is 3.12. The number of benzene rings is 1. The lowest BCUT2D eigenvalue weighted by Gasteiger charge is -2.24. The molecule has 1 aromatic carbocycles. The molecule has 0 saturated carbocycles.